The standard InChI is InChI=1S/C18H28N4O3S2.C2HF3O2/c1-3-21-10-6-18(16(21)23)14-22(27(2,24)25)13-17(18)4-8-20(9-5-17)12-15-19-7-11-26-15;3-2(4,5)1(6)7/h7,11H,3-6,8-10,12-14H2,1-2H3;(H,6,7). The summed E-state index contributed by atoms with van der Waals surface area (Å²) in [6.07, 6.45) is 0.534. The van der Waals surface area contributed by atoms with Crippen molar-refractivity contribution in [1.29, 1.82) is 0 Å². The van der Waals surface area contributed by atoms with E-state index in [-0.39, 0.29) is 11.3 Å². The second-order valence-corrected chi connectivity index (χ2v) is 12.0. The van der Waals surface area contributed by atoms with Gasteiger partial charge in [-0.15, -0.1) is 11.3 Å². The molecule has 192 valence electrons. The topological polar surface area (TPSA) is 111 Å². The number of halogens is 3. The molecule has 1 atom stereocenters. The highest BCUT2D eigenvalue weighted by Crippen LogP contribution is 2.58. The van der Waals surface area contributed by atoms with Crippen molar-refractivity contribution >= 4 is 33.2 Å². The van der Waals surface area contributed by atoms with E-state index in [1.54, 1.807) is 15.6 Å². The number of rotatable bonds is 4. The summed E-state index contributed by atoms with van der Waals surface area (Å²) in [4.78, 5) is 30.9. The molecule has 34 heavy (non-hydrogen) atoms. The summed E-state index contributed by atoms with van der Waals surface area (Å²) in [5.74, 6) is -2.59. The van der Waals surface area contributed by atoms with Gasteiger partial charge in [-0.2, -0.15) is 13.2 Å². The van der Waals surface area contributed by atoms with Crippen LogP contribution in [0.4, 0.5) is 13.2 Å². The predicted molar refractivity (Wildman–Crippen MR) is 118 cm³/mol. The van der Waals surface area contributed by atoms with Gasteiger partial charge < -0.3 is 10.0 Å². The number of likely N-dealkylation sites (tertiary alicyclic amines) is 2. The van der Waals surface area contributed by atoms with Crippen LogP contribution in [0.15, 0.2) is 11.6 Å². The molecule has 9 nitrogen and oxygen atoms in total. The number of thiazole rings is 1. The van der Waals surface area contributed by atoms with Gasteiger partial charge in [0, 0.05) is 43.2 Å². The van der Waals surface area contributed by atoms with Crippen molar-refractivity contribution in [3.8, 4) is 0 Å². The first-order chi connectivity index (χ1) is 15.7. The Kier molecular flexibility index (Phi) is 7.66. The lowest BCUT2D eigenvalue weighted by molar-refractivity contribution is -0.192. The Morgan fingerprint density at radius 1 is 1.21 bits per heavy atom. The number of piperidine rings is 1. The van der Waals surface area contributed by atoms with Crippen LogP contribution in [-0.2, 0) is 26.2 Å². The molecule has 0 saturated carbocycles. The summed E-state index contributed by atoms with van der Waals surface area (Å²) in [7, 11) is -3.30. The molecule has 2 spiro atoms. The average molecular weight is 527 g/mol. The molecule has 0 aromatic carbocycles. The zero-order chi connectivity index (χ0) is 25.4. The Labute approximate surface area is 200 Å². The highest BCUT2D eigenvalue weighted by atomic mass is 32.2. The summed E-state index contributed by atoms with van der Waals surface area (Å²) in [6.45, 7) is 6.91. The Morgan fingerprint density at radius 2 is 1.82 bits per heavy atom. The SMILES string of the molecule is CCN1CCC2(CN(S(C)(=O)=O)CC23CCN(Cc2nccs2)CC3)C1=O.O=C(O)C(F)(F)F. The minimum atomic E-state index is -5.08. The number of carboxylic acids is 1. The Bertz CT molecular complexity index is 994. The minimum Gasteiger partial charge on any atom is -0.475 e. The van der Waals surface area contributed by atoms with Crippen LogP contribution < -0.4 is 0 Å². The number of carbonyl (C=O) groups excluding carboxylic acids is 1. The number of sulfonamides is 1. The number of amides is 1. The highest BCUT2D eigenvalue weighted by molar-refractivity contribution is 7.88. The van der Waals surface area contributed by atoms with Gasteiger partial charge in [0.25, 0.3) is 0 Å². The Morgan fingerprint density at radius 3 is 2.26 bits per heavy atom. The van der Waals surface area contributed by atoms with E-state index in [4.69, 9.17) is 9.90 Å². The molecule has 4 heterocycles. The summed E-state index contributed by atoms with van der Waals surface area (Å²) < 4.78 is 57.9. The quantitative estimate of drug-likeness (QED) is 0.638. The molecular weight excluding hydrogens is 497 g/mol. The molecule has 4 rings (SSSR count). The number of carbonyl (C=O) groups is 2. The van der Waals surface area contributed by atoms with Crippen LogP contribution in [0.5, 0.6) is 0 Å². The maximum atomic E-state index is 13.3. The molecule has 3 fully saturated rings. The predicted octanol–water partition coefficient (Wildman–Crippen LogP) is 1.87. The van der Waals surface area contributed by atoms with Crippen molar-refractivity contribution in [3.05, 3.63) is 16.6 Å². The summed E-state index contributed by atoms with van der Waals surface area (Å²) in [6, 6.07) is 0. The number of hydrogen-bond acceptors (Lipinski definition) is 7. The number of carboxylic acid groups (broad SMARTS) is 1. The van der Waals surface area contributed by atoms with Crippen LogP contribution in [0.25, 0.3) is 0 Å². The molecule has 3 aliphatic heterocycles. The van der Waals surface area contributed by atoms with E-state index in [2.05, 4.69) is 9.88 Å². The third kappa shape index (κ3) is 5.24. The molecule has 14 heteroatoms. The van der Waals surface area contributed by atoms with Crippen LogP contribution in [-0.4, -0.2) is 96.2 Å². The van der Waals surface area contributed by atoms with E-state index >= 15 is 0 Å². The first-order valence-corrected chi connectivity index (χ1v) is 13.6. The summed E-state index contributed by atoms with van der Waals surface area (Å²) in [5.41, 5.74) is -0.782. The van der Waals surface area contributed by atoms with E-state index in [1.165, 1.54) is 6.26 Å². The maximum Gasteiger partial charge on any atom is 0.490 e. The lowest BCUT2D eigenvalue weighted by atomic mass is 9.60. The maximum absolute atomic E-state index is 13.3. The average Bonchev–Trinajstić information content (AvgIpc) is 3.44. The van der Waals surface area contributed by atoms with Gasteiger partial charge in [0.2, 0.25) is 15.9 Å². The number of aliphatic carboxylic acids is 1. The number of nitrogens with zero attached hydrogens (tertiary/aromatic N) is 4. The van der Waals surface area contributed by atoms with Crippen LogP contribution in [0.3, 0.4) is 0 Å². The van der Waals surface area contributed by atoms with Crippen molar-refractivity contribution in [1.82, 2.24) is 19.1 Å². The van der Waals surface area contributed by atoms with E-state index in [1.807, 2.05) is 23.4 Å². The molecule has 0 bridgehead atoms. The largest absolute Gasteiger partial charge is 0.490 e. The van der Waals surface area contributed by atoms with Gasteiger partial charge in [0.05, 0.1) is 18.2 Å². The molecule has 1 unspecified atom stereocenters. The molecule has 1 aromatic heterocycles. The Hall–Kier alpha value is -1.77. The fourth-order valence-electron chi connectivity index (χ4n) is 5.32. The van der Waals surface area contributed by atoms with Gasteiger partial charge in [0.1, 0.15) is 5.01 Å². The van der Waals surface area contributed by atoms with E-state index < -0.39 is 27.6 Å². The fourth-order valence-corrected chi connectivity index (χ4v) is 6.92. The van der Waals surface area contributed by atoms with E-state index in [0.717, 1.165) is 50.4 Å². The smallest absolute Gasteiger partial charge is 0.475 e. The van der Waals surface area contributed by atoms with Crippen molar-refractivity contribution in [2.75, 3.05) is 45.5 Å². The molecule has 0 radical (unpaired) electrons. The Balaban J connectivity index is 0.000000406. The van der Waals surface area contributed by atoms with Crippen molar-refractivity contribution in [2.45, 2.75) is 38.9 Å². The lowest BCUT2D eigenvalue weighted by Gasteiger charge is -2.46. The van der Waals surface area contributed by atoms with Gasteiger partial charge >= 0.3 is 12.1 Å². The van der Waals surface area contributed by atoms with Crippen molar-refractivity contribution in [2.24, 2.45) is 10.8 Å². The van der Waals surface area contributed by atoms with Gasteiger partial charge in [-0.25, -0.2) is 22.5 Å². The minimum absolute atomic E-state index is 0.171. The fraction of sp³-hybridized carbons (Fsp3) is 0.750. The first-order valence-electron chi connectivity index (χ1n) is 10.9. The molecule has 1 N–H and O–H groups in total. The number of fused-ring (bicyclic) bond motifs is 1. The van der Waals surface area contributed by atoms with Crippen LogP contribution in [0, 0.1) is 10.8 Å². The molecule has 3 saturated heterocycles. The molecule has 0 aliphatic carbocycles. The van der Waals surface area contributed by atoms with E-state index in [9.17, 15) is 26.4 Å². The second-order valence-electron chi connectivity index (χ2n) is 9.03. The number of aromatic nitrogens is 1. The monoisotopic (exact) mass is 526 g/mol. The normalized spacial score (nSPS) is 25.7. The zero-order valence-corrected chi connectivity index (χ0v) is 20.7. The van der Waals surface area contributed by atoms with Crippen LogP contribution in [0.2, 0.25) is 0 Å². The van der Waals surface area contributed by atoms with Crippen LogP contribution >= 0.6 is 11.3 Å². The van der Waals surface area contributed by atoms with Crippen molar-refractivity contribution < 1.29 is 36.3 Å². The van der Waals surface area contributed by atoms with Crippen LogP contribution in [0.1, 0.15) is 31.2 Å². The molecular formula is C20H29F3N4O5S2. The summed E-state index contributed by atoms with van der Waals surface area (Å²) in [5, 5.41) is 10.2. The molecule has 3 aliphatic rings. The number of hydrogen-bond donors (Lipinski definition) is 1. The van der Waals surface area contributed by atoms with Gasteiger partial charge in [-0.3, -0.25) is 9.69 Å². The van der Waals surface area contributed by atoms with Gasteiger partial charge in [0.15, 0.2) is 0 Å². The lowest BCUT2D eigenvalue weighted by Crippen LogP contribution is -2.52. The zero-order valence-electron chi connectivity index (χ0n) is 19.0. The third-order valence-corrected chi connectivity index (χ3v) is 9.15. The molecule has 1 amide bonds. The van der Waals surface area contributed by atoms with Gasteiger partial charge in [-0.05, 0) is 39.3 Å². The third-order valence-electron chi connectivity index (χ3n) is 7.19. The second kappa shape index (κ2) is 9.70. The first kappa shape index (κ1) is 26.8. The number of alkyl halides is 3. The van der Waals surface area contributed by atoms with Crippen molar-refractivity contribution in [3.63, 3.8) is 0 Å². The molecule has 1 aromatic rings. The summed E-state index contributed by atoms with van der Waals surface area (Å²) >= 11 is 1.67. The van der Waals surface area contributed by atoms with E-state index in [0.29, 0.717) is 19.6 Å². The highest BCUT2D eigenvalue weighted by Gasteiger charge is 2.66. The van der Waals surface area contributed by atoms with Gasteiger partial charge in [-0.1, -0.05) is 0 Å².